The largest absolute Gasteiger partial charge is 0.497 e. The molecule has 2 fully saturated rings. The SMILES string of the molecule is C#C/C(=C1\C(=O)N(c2ccc(OC)cc2)[C@H]1[C@H]1COC(C)(C)O1)c1ccc(Br)cc1. The van der Waals surface area contributed by atoms with Crippen LogP contribution in [0.2, 0.25) is 0 Å². The van der Waals surface area contributed by atoms with Crippen molar-refractivity contribution in [2.75, 3.05) is 18.6 Å². The zero-order valence-electron chi connectivity index (χ0n) is 17.0. The van der Waals surface area contributed by atoms with Crippen LogP contribution in [0.3, 0.4) is 0 Å². The Kier molecular flexibility index (Phi) is 5.46. The lowest BCUT2D eigenvalue weighted by molar-refractivity contribution is -0.143. The minimum atomic E-state index is -0.714. The lowest BCUT2D eigenvalue weighted by Crippen LogP contribution is -2.62. The van der Waals surface area contributed by atoms with Gasteiger partial charge in [0.05, 0.1) is 25.3 Å². The van der Waals surface area contributed by atoms with Gasteiger partial charge in [0.2, 0.25) is 0 Å². The highest BCUT2D eigenvalue weighted by Gasteiger charge is 2.53. The molecule has 6 heteroatoms. The molecule has 2 aliphatic heterocycles. The van der Waals surface area contributed by atoms with Gasteiger partial charge in [-0.3, -0.25) is 9.69 Å². The molecule has 2 atom stereocenters. The predicted octanol–water partition coefficient (Wildman–Crippen LogP) is 4.41. The van der Waals surface area contributed by atoms with Crippen LogP contribution >= 0.6 is 15.9 Å². The standard InChI is InChI=1S/C24H22BrNO4/c1-5-19(15-6-8-16(25)9-7-15)21-22(20-14-29-24(2,3)30-20)26(23(21)27)17-10-12-18(28-4)13-11-17/h1,6-13,20,22H,14H2,2-4H3/b21-19+/t20-,22+/m1/s1. The second-order valence-electron chi connectivity index (χ2n) is 7.63. The lowest BCUT2D eigenvalue weighted by atomic mass is 9.83. The molecule has 0 N–H and O–H groups in total. The summed E-state index contributed by atoms with van der Waals surface area (Å²) in [6, 6.07) is 14.7. The highest BCUT2D eigenvalue weighted by Crippen LogP contribution is 2.42. The predicted molar refractivity (Wildman–Crippen MR) is 119 cm³/mol. The quantitative estimate of drug-likeness (QED) is 0.379. The average molecular weight is 468 g/mol. The molecule has 0 saturated carbocycles. The van der Waals surface area contributed by atoms with Crippen LogP contribution in [0.5, 0.6) is 5.75 Å². The fraction of sp³-hybridized carbons (Fsp3) is 0.292. The highest BCUT2D eigenvalue weighted by molar-refractivity contribution is 9.10. The molecule has 5 nitrogen and oxygen atoms in total. The summed E-state index contributed by atoms with van der Waals surface area (Å²) in [4.78, 5) is 15.0. The molecule has 0 aliphatic carbocycles. The third-order valence-electron chi connectivity index (χ3n) is 5.30. The zero-order chi connectivity index (χ0) is 21.5. The second-order valence-corrected chi connectivity index (χ2v) is 8.54. The van der Waals surface area contributed by atoms with Gasteiger partial charge in [0.25, 0.3) is 5.91 Å². The Morgan fingerprint density at radius 3 is 2.40 bits per heavy atom. The third kappa shape index (κ3) is 3.65. The van der Waals surface area contributed by atoms with E-state index >= 15 is 0 Å². The monoisotopic (exact) mass is 467 g/mol. The van der Waals surface area contributed by atoms with E-state index in [9.17, 15) is 4.79 Å². The summed E-state index contributed by atoms with van der Waals surface area (Å²) < 4.78 is 18.1. The number of hydrogen-bond acceptors (Lipinski definition) is 4. The summed E-state index contributed by atoms with van der Waals surface area (Å²) in [5.74, 6) is 2.61. The number of nitrogens with zero attached hydrogens (tertiary/aromatic N) is 1. The van der Waals surface area contributed by atoms with E-state index in [1.165, 1.54) is 0 Å². The van der Waals surface area contributed by atoms with Crippen LogP contribution in [0.15, 0.2) is 58.6 Å². The number of amides is 1. The van der Waals surface area contributed by atoms with Crippen LogP contribution in [-0.2, 0) is 14.3 Å². The molecular formula is C24H22BrNO4. The number of anilines is 1. The van der Waals surface area contributed by atoms with Crippen LogP contribution in [0.1, 0.15) is 19.4 Å². The van der Waals surface area contributed by atoms with Crippen LogP contribution in [-0.4, -0.2) is 37.6 Å². The van der Waals surface area contributed by atoms with Gasteiger partial charge in [-0.2, -0.15) is 0 Å². The summed E-state index contributed by atoms with van der Waals surface area (Å²) in [6.07, 6.45) is 5.55. The van der Waals surface area contributed by atoms with Crippen LogP contribution < -0.4 is 9.64 Å². The van der Waals surface area contributed by atoms with Crippen molar-refractivity contribution in [3.63, 3.8) is 0 Å². The highest BCUT2D eigenvalue weighted by atomic mass is 79.9. The van der Waals surface area contributed by atoms with E-state index < -0.39 is 5.79 Å². The smallest absolute Gasteiger partial charge is 0.258 e. The summed E-state index contributed by atoms with van der Waals surface area (Å²) in [7, 11) is 1.61. The molecule has 0 aromatic heterocycles. The van der Waals surface area contributed by atoms with Gasteiger partial charge in [-0.15, -0.1) is 6.42 Å². The Bertz CT molecular complexity index is 1030. The minimum absolute atomic E-state index is 0.130. The lowest BCUT2D eigenvalue weighted by Gasteiger charge is -2.45. The van der Waals surface area contributed by atoms with E-state index in [-0.39, 0.29) is 18.1 Å². The molecule has 2 aliphatic rings. The first-order chi connectivity index (χ1) is 14.3. The topological polar surface area (TPSA) is 48.0 Å². The zero-order valence-corrected chi connectivity index (χ0v) is 18.6. The number of carbonyl (C=O) groups excluding carboxylic acids is 1. The van der Waals surface area contributed by atoms with Gasteiger partial charge in [-0.1, -0.05) is 34.0 Å². The first-order valence-corrected chi connectivity index (χ1v) is 10.4. The molecule has 0 unspecified atom stereocenters. The van der Waals surface area contributed by atoms with Crippen molar-refractivity contribution in [1.29, 1.82) is 0 Å². The summed E-state index contributed by atoms with van der Waals surface area (Å²) in [5, 5.41) is 0. The van der Waals surface area contributed by atoms with E-state index in [4.69, 9.17) is 20.6 Å². The molecule has 30 heavy (non-hydrogen) atoms. The number of hydrogen-bond donors (Lipinski definition) is 0. The maximum atomic E-state index is 13.3. The molecule has 0 spiro atoms. The number of ether oxygens (including phenoxy) is 3. The van der Waals surface area contributed by atoms with E-state index in [0.29, 0.717) is 17.8 Å². The van der Waals surface area contributed by atoms with E-state index in [0.717, 1.165) is 21.5 Å². The van der Waals surface area contributed by atoms with Gasteiger partial charge in [0, 0.05) is 15.7 Å². The average Bonchev–Trinajstić information content (AvgIpc) is 3.09. The van der Waals surface area contributed by atoms with Crippen molar-refractivity contribution >= 4 is 33.1 Å². The molecule has 4 rings (SSSR count). The fourth-order valence-electron chi connectivity index (χ4n) is 3.88. The summed E-state index contributed by atoms with van der Waals surface area (Å²) in [5.41, 5.74) is 2.73. The molecule has 154 valence electrons. The molecule has 2 aromatic rings. The van der Waals surface area contributed by atoms with E-state index in [1.807, 2.05) is 62.4 Å². The van der Waals surface area contributed by atoms with Crippen molar-refractivity contribution in [3.8, 4) is 18.1 Å². The number of halogens is 1. The number of benzene rings is 2. The fourth-order valence-corrected chi connectivity index (χ4v) is 4.14. The first kappa shape index (κ1) is 20.7. The Labute approximate surface area is 184 Å². The first-order valence-electron chi connectivity index (χ1n) is 9.61. The van der Waals surface area contributed by atoms with Crippen molar-refractivity contribution < 1.29 is 19.0 Å². The molecule has 2 saturated heterocycles. The maximum absolute atomic E-state index is 13.3. The van der Waals surface area contributed by atoms with Gasteiger partial charge >= 0.3 is 0 Å². The van der Waals surface area contributed by atoms with Crippen molar-refractivity contribution in [2.45, 2.75) is 31.8 Å². The third-order valence-corrected chi connectivity index (χ3v) is 5.83. The summed E-state index contributed by atoms with van der Waals surface area (Å²) >= 11 is 3.44. The number of terminal acetylenes is 1. The van der Waals surface area contributed by atoms with Gasteiger partial charge in [-0.05, 0) is 55.8 Å². The number of rotatable bonds is 4. The molecule has 0 bridgehead atoms. The Morgan fingerprint density at radius 2 is 1.87 bits per heavy atom. The van der Waals surface area contributed by atoms with Crippen molar-refractivity contribution in [2.24, 2.45) is 0 Å². The maximum Gasteiger partial charge on any atom is 0.258 e. The Hall–Kier alpha value is -2.59. The van der Waals surface area contributed by atoms with E-state index in [1.54, 1.807) is 12.0 Å². The van der Waals surface area contributed by atoms with Crippen LogP contribution in [0.4, 0.5) is 5.69 Å². The Balaban J connectivity index is 1.78. The number of carbonyl (C=O) groups is 1. The molecule has 0 radical (unpaired) electrons. The van der Waals surface area contributed by atoms with Gasteiger partial charge in [-0.25, -0.2) is 0 Å². The van der Waals surface area contributed by atoms with Gasteiger partial charge in [0.1, 0.15) is 11.9 Å². The van der Waals surface area contributed by atoms with Crippen molar-refractivity contribution in [1.82, 2.24) is 0 Å². The molecule has 1 amide bonds. The van der Waals surface area contributed by atoms with E-state index in [2.05, 4.69) is 21.9 Å². The number of methoxy groups -OCH3 is 1. The molecule has 2 aromatic carbocycles. The molecule has 2 heterocycles. The number of allylic oxidation sites excluding steroid dienone is 1. The minimum Gasteiger partial charge on any atom is -0.497 e. The van der Waals surface area contributed by atoms with Crippen LogP contribution in [0, 0.1) is 12.3 Å². The summed E-state index contributed by atoms with van der Waals surface area (Å²) in [6.45, 7) is 4.11. The van der Waals surface area contributed by atoms with Gasteiger partial charge in [0.15, 0.2) is 5.79 Å². The molecular weight excluding hydrogens is 446 g/mol. The van der Waals surface area contributed by atoms with Crippen LogP contribution in [0.25, 0.3) is 5.57 Å². The van der Waals surface area contributed by atoms with Gasteiger partial charge < -0.3 is 14.2 Å². The number of β-lactam (4-membered cyclic amide) rings is 1. The normalized spacial score (nSPS) is 24.2. The second kappa shape index (κ2) is 7.92. The Morgan fingerprint density at radius 1 is 1.20 bits per heavy atom. The van der Waals surface area contributed by atoms with Crippen molar-refractivity contribution in [3.05, 3.63) is 64.1 Å².